The fourth-order valence-corrected chi connectivity index (χ4v) is 3.91. The minimum Gasteiger partial charge on any atom is -0.489 e. The third kappa shape index (κ3) is 3.57. The first-order valence-electron chi connectivity index (χ1n) is 8.87. The molecule has 3 heterocycles. The van der Waals surface area contributed by atoms with Crippen molar-refractivity contribution in [3.05, 3.63) is 83.6 Å². The Labute approximate surface area is 175 Å². The minimum absolute atomic E-state index is 0.421. The van der Waals surface area contributed by atoms with E-state index in [9.17, 15) is 0 Å². The molecule has 8 heteroatoms. The number of halogens is 1. The third-order valence-electron chi connectivity index (χ3n) is 4.36. The van der Waals surface area contributed by atoms with Crippen LogP contribution in [0.4, 0.5) is 0 Å². The molecule has 142 valence electrons. The van der Waals surface area contributed by atoms with Crippen molar-refractivity contribution in [3.8, 4) is 27.7 Å². The van der Waals surface area contributed by atoms with E-state index in [0.717, 1.165) is 32.4 Å². The van der Waals surface area contributed by atoms with Gasteiger partial charge in [-0.3, -0.25) is 4.98 Å². The summed E-state index contributed by atoms with van der Waals surface area (Å²) in [6.45, 7) is 0.421. The molecule has 0 amide bonds. The first-order valence-corrected chi connectivity index (χ1v) is 10.1. The van der Waals surface area contributed by atoms with E-state index in [-0.39, 0.29) is 0 Å². The third-order valence-corrected chi connectivity index (χ3v) is 5.68. The maximum Gasteiger partial charge on any atom is 0.235 e. The van der Waals surface area contributed by atoms with Gasteiger partial charge in [0.25, 0.3) is 0 Å². The summed E-state index contributed by atoms with van der Waals surface area (Å²) in [7, 11) is 0. The SMILES string of the molecule is Clc1ccccc1COc1ccc(-c2nn3c(-c4cccnc4)nnc3s2)cc1. The predicted octanol–water partition coefficient (Wildman–Crippen LogP) is 5.15. The van der Waals surface area contributed by atoms with E-state index in [1.165, 1.54) is 11.3 Å². The monoisotopic (exact) mass is 419 g/mol. The Kier molecular flexibility index (Phi) is 4.67. The van der Waals surface area contributed by atoms with E-state index < -0.39 is 0 Å². The number of hydrogen-bond acceptors (Lipinski definition) is 6. The van der Waals surface area contributed by atoms with E-state index in [2.05, 4.69) is 20.3 Å². The Morgan fingerprint density at radius 2 is 1.79 bits per heavy atom. The van der Waals surface area contributed by atoms with Gasteiger partial charge in [-0.1, -0.05) is 41.1 Å². The lowest BCUT2D eigenvalue weighted by atomic mass is 10.2. The van der Waals surface area contributed by atoms with E-state index >= 15 is 0 Å². The van der Waals surface area contributed by atoms with Crippen LogP contribution in [0.15, 0.2) is 73.1 Å². The van der Waals surface area contributed by atoms with Crippen molar-refractivity contribution < 1.29 is 4.74 Å². The van der Waals surface area contributed by atoms with Gasteiger partial charge in [0.15, 0.2) is 5.82 Å². The van der Waals surface area contributed by atoms with Gasteiger partial charge in [0.05, 0.1) is 0 Å². The summed E-state index contributed by atoms with van der Waals surface area (Å²) in [6.07, 6.45) is 3.48. The number of ether oxygens (including phenoxy) is 1. The number of fused-ring (bicyclic) bond motifs is 1. The van der Waals surface area contributed by atoms with Crippen molar-refractivity contribution in [2.45, 2.75) is 6.61 Å². The topological polar surface area (TPSA) is 65.2 Å². The van der Waals surface area contributed by atoms with E-state index in [0.29, 0.717) is 17.5 Å². The molecule has 0 aliphatic rings. The highest BCUT2D eigenvalue weighted by atomic mass is 35.5. The second-order valence-electron chi connectivity index (χ2n) is 6.27. The molecular weight excluding hydrogens is 406 g/mol. The van der Waals surface area contributed by atoms with Crippen LogP contribution in [0.3, 0.4) is 0 Å². The average molecular weight is 420 g/mol. The number of hydrogen-bond donors (Lipinski definition) is 0. The van der Waals surface area contributed by atoms with Gasteiger partial charge in [0.1, 0.15) is 17.4 Å². The Hall–Kier alpha value is -3.29. The highest BCUT2D eigenvalue weighted by Crippen LogP contribution is 2.29. The number of rotatable bonds is 5. The summed E-state index contributed by atoms with van der Waals surface area (Å²) in [5.74, 6) is 1.45. The fourth-order valence-electron chi connectivity index (χ4n) is 2.88. The highest BCUT2D eigenvalue weighted by molar-refractivity contribution is 7.19. The van der Waals surface area contributed by atoms with Crippen LogP contribution in [-0.4, -0.2) is 24.8 Å². The Balaban J connectivity index is 1.37. The smallest absolute Gasteiger partial charge is 0.235 e. The number of pyridine rings is 1. The van der Waals surface area contributed by atoms with Gasteiger partial charge in [-0.25, -0.2) is 0 Å². The molecule has 0 fully saturated rings. The molecule has 0 spiro atoms. The van der Waals surface area contributed by atoms with Crippen LogP contribution >= 0.6 is 22.9 Å². The van der Waals surface area contributed by atoms with Crippen molar-refractivity contribution in [1.29, 1.82) is 0 Å². The van der Waals surface area contributed by atoms with E-state index in [1.54, 1.807) is 16.9 Å². The molecule has 0 unspecified atom stereocenters. The Morgan fingerprint density at radius 3 is 2.59 bits per heavy atom. The number of benzene rings is 2. The standard InChI is InChI=1S/C21H14ClN5OS/c22-18-6-2-1-4-16(18)13-28-17-9-7-14(8-10-17)20-26-27-19(24-25-21(27)29-20)15-5-3-11-23-12-15/h1-12H,13H2. The first kappa shape index (κ1) is 17.8. The minimum atomic E-state index is 0.421. The normalized spacial score (nSPS) is 11.1. The van der Waals surface area contributed by atoms with Crippen molar-refractivity contribution in [2.75, 3.05) is 0 Å². The van der Waals surface area contributed by atoms with Crippen molar-refractivity contribution >= 4 is 27.9 Å². The quantitative estimate of drug-likeness (QED) is 0.394. The van der Waals surface area contributed by atoms with Crippen LogP contribution in [0.1, 0.15) is 5.56 Å². The molecule has 0 saturated heterocycles. The summed E-state index contributed by atoms with van der Waals surface area (Å²) in [5, 5.41) is 14.7. The van der Waals surface area contributed by atoms with Crippen LogP contribution in [0.2, 0.25) is 5.02 Å². The zero-order valence-electron chi connectivity index (χ0n) is 15.1. The molecular formula is C21H14ClN5OS. The lowest BCUT2D eigenvalue weighted by Gasteiger charge is -2.08. The molecule has 0 radical (unpaired) electrons. The average Bonchev–Trinajstić information content (AvgIpc) is 3.35. The van der Waals surface area contributed by atoms with Gasteiger partial charge in [-0.05, 0) is 42.5 Å². The lowest BCUT2D eigenvalue weighted by molar-refractivity contribution is 0.306. The van der Waals surface area contributed by atoms with Gasteiger partial charge in [-0.2, -0.15) is 9.61 Å². The van der Waals surface area contributed by atoms with Gasteiger partial charge in [0.2, 0.25) is 4.96 Å². The lowest BCUT2D eigenvalue weighted by Crippen LogP contribution is -1.96. The molecule has 0 bridgehead atoms. The van der Waals surface area contributed by atoms with Gasteiger partial charge >= 0.3 is 0 Å². The molecule has 0 saturated carbocycles. The Bertz CT molecular complexity index is 1270. The van der Waals surface area contributed by atoms with E-state index in [1.807, 2.05) is 60.7 Å². The largest absolute Gasteiger partial charge is 0.489 e. The maximum atomic E-state index is 6.18. The maximum absolute atomic E-state index is 6.18. The molecule has 6 nitrogen and oxygen atoms in total. The summed E-state index contributed by atoms with van der Waals surface area (Å²) >= 11 is 7.66. The van der Waals surface area contributed by atoms with Crippen LogP contribution in [-0.2, 0) is 6.61 Å². The highest BCUT2D eigenvalue weighted by Gasteiger charge is 2.14. The van der Waals surface area contributed by atoms with Gasteiger partial charge < -0.3 is 4.74 Å². The summed E-state index contributed by atoms with van der Waals surface area (Å²) in [6, 6.07) is 19.3. The van der Waals surface area contributed by atoms with Crippen LogP contribution in [0.5, 0.6) is 5.75 Å². The molecule has 3 aromatic heterocycles. The Morgan fingerprint density at radius 1 is 0.931 bits per heavy atom. The van der Waals surface area contributed by atoms with Gasteiger partial charge in [0, 0.05) is 34.1 Å². The predicted molar refractivity (Wildman–Crippen MR) is 113 cm³/mol. The summed E-state index contributed by atoms with van der Waals surface area (Å²) < 4.78 is 7.60. The first-order chi connectivity index (χ1) is 14.3. The molecule has 2 aromatic carbocycles. The molecule has 0 aliphatic carbocycles. The second kappa shape index (κ2) is 7.62. The van der Waals surface area contributed by atoms with Gasteiger partial charge in [-0.15, -0.1) is 10.2 Å². The molecule has 5 rings (SSSR count). The molecule has 0 atom stereocenters. The second-order valence-corrected chi connectivity index (χ2v) is 7.63. The number of nitrogens with zero attached hydrogens (tertiary/aromatic N) is 5. The van der Waals surface area contributed by atoms with Crippen LogP contribution in [0.25, 0.3) is 26.9 Å². The molecule has 0 N–H and O–H groups in total. The summed E-state index contributed by atoms with van der Waals surface area (Å²) in [5.41, 5.74) is 2.82. The number of aromatic nitrogens is 5. The molecule has 5 aromatic rings. The van der Waals surface area contributed by atoms with Crippen molar-refractivity contribution in [2.24, 2.45) is 0 Å². The van der Waals surface area contributed by atoms with E-state index in [4.69, 9.17) is 16.3 Å². The molecule has 29 heavy (non-hydrogen) atoms. The summed E-state index contributed by atoms with van der Waals surface area (Å²) in [4.78, 5) is 4.87. The molecule has 0 aliphatic heterocycles. The zero-order valence-corrected chi connectivity index (χ0v) is 16.6. The van der Waals surface area contributed by atoms with Crippen molar-refractivity contribution in [1.82, 2.24) is 24.8 Å². The van der Waals surface area contributed by atoms with Crippen molar-refractivity contribution in [3.63, 3.8) is 0 Å². The van der Waals surface area contributed by atoms with Crippen LogP contribution < -0.4 is 4.74 Å². The fraction of sp³-hybridized carbons (Fsp3) is 0.0476. The van der Waals surface area contributed by atoms with Crippen LogP contribution in [0, 0.1) is 0 Å². The zero-order chi connectivity index (χ0) is 19.6.